The van der Waals surface area contributed by atoms with E-state index in [1.807, 2.05) is 49.4 Å². The first-order valence-electron chi connectivity index (χ1n) is 5.86. The number of hydrogen-bond acceptors (Lipinski definition) is 2. The van der Waals surface area contributed by atoms with Crippen LogP contribution in [0.5, 0.6) is 5.75 Å². The van der Waals surface area contributed by atoms with E-state index in [1.54, 1.807) is 6.07 Å². The molecule has 1 heterocycles. The molecule has 1 aromatic carbocycles. The highest BCUT2D eigenvalue weighted by molar-refractivity contribution is 6.32. The number of rotatable bonds is 4. The lowest BCUT2D eigenvalue weighted by Gasteiger charge is -2.10. The van der Waals surface area contributed by atoms with Gasteiger partial charge < -0.3 is 4.74 Å². The third-order valence-electron chi connectivity index (χ3n) is 2.54. The number of benzene rings is 1. The van der Waals surface area contributed by atoms with E-state index < -0.39 is 0 Å². The molecule has 98 valence electrons. The first-order chi connectivity index (χ1) is 9.20. The Kier molecular flexibility index (Phi) is 4.83. The van der Waals surface area contributed by atoms with Crippen molar-refractivity contribution >= 4 is 29.3 Å². The van der Waals surface area contributed by atoms with Gasteiger partial charge in [-0.1, -0.05) is 53.6 Å². The zero-order chi connectivity index (χ0) is 13.7. The van der Waals surface area contributed by atoms with Crippen molar-refractivity contribution in [1.82, 2.24) is 4.98 Å². The van der Waals surface area contributed by atoms with Gasteiger partial charge in [-0.15, -0.1) is 0 Å². The number of ether oxygens (including phenoxy) is 1. The van der Waals surface area contributed by atoms with Crippen molar-refractivity contribution in [3.63, 3.8) is 0 Å². The Bertz CT molecular complexity index is 596. The predicted molar refractivity (Wildman–Crippen MR) is 79.7 cm³/mol. The number of hydrogen-bond donors (Lipinski definition) is 0. The normalized spacial score (nSPS) is 10.9. The monoisotopic (exact) mass is 293 g/mol. The zero-order valence-electron chi connectivity index (χ0n) is 10.4. The van der Waals surface area contributed by atoms with Gasteiger partial charge in [0.25, 0.3) is 0 Å². The minimum absolute atomic E-state index is 0.359. The minimum atomic E-state index is 0.359. The maximum Gasteiger partial charge on any atom is 0.137 e. The smallest absolute Gasteiger partial charge is 0.137 e. The highest BCUT2D eigenvalue weighted by Crippen LogP contribution is 2.23. The lowest BCUT2D eigenvalue weighted by molar-refractivity contribution is 0.305. The molecular weight excluding hydrogens is 281 g/mol. The summed E-state index contributed by atoms with van der Waals surface area (Å²) in [4.78, 5) is 3.98. The van der Waals surface area contributed by atoms with Gasteiger partial charge in [0.2, 0.25) is 0 Å². The summed E-state index contributed by atoms with van der Waals surface area (Å²) in [5, 5.41) is 0.749. The Morgan fingerprint density at radius 2 is 1.95 bits per heavy atom. The van der Waals surface area contributed by atoms with E-state index in [2.05, 4.69) is 4.98 Å². The number of aromatic nitrogens is 1. The Morgan fingerprint density at radius 3 is 2.68 bits per heavy atom. The van der Waals surface area contributed by atoms with E-state index in [0.29, 0.717) is 16.9 Å². The molecule has 0 bridgehead atoms. The average molecular weight is 294 g/mol. The predicted octanol–water partition coefficient (Wildman–Crippen LogP) is 5.00. The second kappa shape index (κ2) is 6.60. The third-order valence-corrected chi connectivity index (χ3v) is 3.08. The fraction of sp³-hybridized carbons (Fsp3) is 0.133. The average Bonchev–Trinajstić information content (AvgIpc) is 2.40. The second-order valence-electron chi connectivity index (χ2n) is 3.91. The fourth-order valence-electron chi connectivity index (χ4n) is 1.63. The molecule has 19 heavy (non-hydrogen) atoms. The summed E-state index contributed by atoms with van der Waals surface area (Å²) in [5.41, 5.74) is 1.84. The van der Waals surface area contributed by atoms with Gasteiger partial charge in [0.1, 0.15) is 22.7 Å². The van der Waals surface area contributed by atoms with E-state index in [9.17, 15) is 0 Å². The highest BCUT2D eigenvalue weighted by Gasteiger charge is 2.05. The van der Waals surface area contributed by atoms with Crippen LogP contribution in [0, 0.1) is 0 Å². The summed E-state index contributed by atoms with van der Waals surface area (Å²) < 4.78 is 5.78. The van der Waals surface area contributed by atoms with Crippen molar-refractivity contribution in [2.24, 2.45) is 0 Å². The van der Waals surface area contributed by atoms with Crippen LogP contribution in [0.2, 0.25) is 10.3 Å². The second-order valence-corrected chi connectivity index (χ2v) is 4.66. The number of halogens is 2. The van der Waals surface area contributed by atoms with Crippen molar-refractivity contribution in [3.05, 3.63) is 63.9 Å². The molecule has 0 N–H and O–H groups in total. The molecule has 0 atom stereocenters. The zero-order valence-corrected chi connectivity index (χ0v) is 11.9. The molecule has 0 aliphatic rings. The molecule has 0 fully saturated rings. The van der Waals surface area contributed by atoms with E-state index in [4.69, 9.17) is 27.9 Å². The SMILES string of the molecule is C/C=C/c1ccccc1OCc1ccc(Cl)nc1Cl. The quantitative estimate of drug-likeness (QED) is 0.740. The molecule has 2 rings (SSSR count). The standard InChI is InChI=1S/C15H13Cl2NO/c1-2-5-11-6-3-4-7-13(11)19-10-12-8-9-14(16)18-15(12)17/h2-9H,10H2,1H3/b5-2+. The number of allylic oxidation sites excluding steroid dienone is 1. The van der Waals surface area contributed by atoms with Crippen LogP contribution >= 0.6 is 23.2 Å². The topological polar surface area (TPSA) is 22.1 Å². The first-order valence-corrected chi connectivity index (χ1v) is 6.61. The maximum atomic E-state index is 6.01. The summed E-state index contributed by atoms with van der Waals surface area (Å²) in [6.07, 6.45) is 3.97. The molecule has 0 amide bonds. The summed E-state index contributed by atoms with van der Waals surface area (Å²) in [7, 11) is 0. The summed E-state index contributed by atoms with van der Waals surface area (Å²) >= 11 is 11.8. The lowest BCUT2D eigenvalue weighted by atomic mass is 10.2. The summed E-state index contributed by atoms with van der Waals surface area (Å²) in [5.74, 6) is 0.812. The van der Waals surface area contributed by atoms with Crippen LogP contribution in [0.4, 0.5) is 0 Å². The molecule has 0 saturated carbocycles. The first kappa shape index (κ1) is 13.9. The molecule has 4 heteroatoms. The van der Waals surface area contributed by atoms with Crippen LogP contribution in [0.25, 0.3) is 6.08 Å². The van der Waals surface area contributed by atoms with Gasteiger partial charge in [0, 0.05) is 11.1 Å². The lowest BCUT2D eigenvalue weighted by Crippen LogP contribution is -1.98. The Labute approximate surface area is 122 Å². The van der Waals surface area contributed by atoms with E-state index in [0.717, 1.165) is 16.9 Å². The van der Waals surface area contributed by atoms with Crippen LogP contribution in [-0.4, -0.2) is 4.98 Å². The van der Waals surface area contributed by atoms with E-state index >= 15 is 0 Å². The molecule has 0 radical (unpaired) electrons. The molecular formula is C15H13Cl2NO. The van der Waals surface area contributed by atoms with Crippen LogP contribution in [-0.2, 0) is 6.61 Å². The van der Waals surface area contributed by atoms with Gasteiger partial charge in [-0.3, -0.25) is 0 Å². The molecule has 2 nitrogen and oxygen atoms in total. The molecule has 0 unspecified atom stereocenters. The summed E-state index contributed by atoms with van der Waals surface area (Å²) in [6.45, 7) is 2.33. The third kappa shape index (κ3) is 3.72. The van der Waals surface area contributed by atoms with Crippen molar-refractivity contribution in [2.75, 3.05) is 0 Å². The maximum absolute atomic E-state index is 6.01. The number of para-hydroxylation sites is 1. The van der Waals surface area contributed by atoms with Gasteiger partial charge in [0.15, 0.2) is 0 Å². The molecule has 0 spiro atoms. The highest BCUT2D eigenvalue weighted by atomic mass is 35.5. The Balaban J connectivity index is 2.14. The van der Waals surface area contributed by atoms with Gasteiger partial charge >= 0.3 is 0 Å². The molecule has 2 aromatic rings. The molecule has 0 aliphatic carbocycles. The molecule has 0 aliphatic heterocycles. The van der Waals surface area contributed by atoms with E-state index in [-0.39, 0.29) is 0 Å². The van der Waals surface area contributed by atoms with Crippen molar-refractivity contribution in [2.45, 2.75) is 13.5 Å². The van der Waals surface area contributed by atoms with Crippen LogP contribution in [0.1, 0.15) is 18.1 Å². The molecule has 0 saturated heterocycles. The van der Waals surface area contributed by atoms with Crippen molar-refractivity contribution in [3.8, 4) is 5.75 Å². The van der Waals surface area contributed by atoms with Gasteiger partial charge in [-0.2, -0.15) is 0 Å². The summed E-state index contributed by atoms with van der Waals surface area (Å²) in [6, 6.07) is 11.3. The van der Waals surface area contributed by atoms with Crippen molar-refractivity contribution in [1.29, 1.82) is 0 Å². The van der Waals surface area contributed by atoms with Crippen LogP contribution in [0.3, 0.4) is 0 Å². The number of nitrogens with zero attached hydrogens (tertiary/aromatic N) is 1. The minimum Gasteiger partial charge on any atom is -0.488 e. The number of pyridine rings is 1. The van der Waals surface area contributed by atoms with Crippen molar-refractivity contribution < 1.29 is 4.74 Å². The molecule has 1 aromatic heterocycles. The Morgan fingerprint density at radius 1 is 1.16 bits per heavy atom. The fourth-order valence-corrected chi connectivity index (χ4v) is 2.03. The van der Waals surface area contributed by atoms with Crippen LogP contribution < -0.4 is 4.74 Å². The van der Waals surface area contributed by atoms with Crippen LogP contribution in [0.15, 0.2) is 42.5 Å². The van der Waals surface area contributed by atoms with Gasteiger partial charge in [0.05, 0.1) is 0 Å². The largest absolute Gasteiger partial charge is 0.488 e. The van der Waals surface area contributed by atoms with E-state index in [1.165, 1.54) is 0 Å². The van der Waals surface area contributed by atoms with Gasteiger partial charge in [-0.25, -0.2) is 4.98 Å². The van der Waals surface area contributed by atoms with Gasteiger partial charge in [-0.05, 0) is 25.1 Å². The Hall–Kier alpha value is -1.51.